The number of anilines is 1. The summed E-state index contributed by atoms with van der Waals surface area (Å²) in [6.07, 6.45) is 3.90. The van der Waals surface area contributed by atoms with Crippen LogP contribution in [0.4, 0.5) is 5.69 Å². The maximum Gasteiger partial charge on any atom is 0.250 e. The number of ether oxygens (including phenoxy) is 2. The molecule has 0 unspecified atom stereocenters. The van der Waals surface area contributed by atoms with Crippen molar-refractivity contribution in [2.45, 2.75) is 19.3 Å². The van der Waals surface area contributed by atoms with Crippen molar-refractivity contribution in [1.82, 2.24) is 0 Å². The van der Waals surface area contributed by atoms with Crippen LogP contribution in [0.25, 0.3) is 0 Å². The number of rotatable bonds is 6. The second-order valence-corrected chi connectivity index (χ2v) is 4.61. The molecule has 1 amide bonds. The second kappa shape index (κ2) is 6.40. The van der Waals surface area contributed by atoms with E-state index in [1.54, 1.807) is 0 Å². The molecule has 4 nitrogen and oxygen atoms in total. The van der Waals surface area contributed by atoms with Crippen LogP contribution in [0.2, 0.25) is 0 Å². The van der Waals surface area contributed by atoms with E-state index >= 15 is 0 Å². The van der Waals surface area contributed by atoms with E-state index in [1.165, 1.54) is 26.4 Å². The predicted molar refractivity (Wildman–Crippen MR) is 69.8 cm³/mol. The fraction of sp³-hybridized carbons (Fsp3) is 0.500. The van der Waals surface area contributed by atoms with Crippen LogP contribution >= 0.6 is 0 Å². The molecule has 4 heteroatoms. The maximum absolute atomic E-state index is 11.3. The van der Waals surface area contributed by atoms with Crippen LogP contribution < -0.4 is 10.1 Å². The van der Waals surface area contributed by atoms with Gasteiger partial charge in [0.05, 0.1) is 6.61 Å². The Labute approximate surface area is 107 Å². The van der Waals surface area contributed by atoms with E-state index in [0.717, 1.165) is 24.0 Å². The third-order valence-electron chi connectivity index (χ3n) is 3.12. The molecule has 1 aliphatic rings. The lowest BCUT2D eigenvalue weighted by molar-refractivity contribution is -0.119. The van der Waals surface area contributed by atoms with E-state index in [4.69, 9.17) is 9.47 Å². The molecule has 2 rings (SSSR count). The third-order valence-corrected chi connectivity index (χ3v) is 3.12. The lowest BCUT2D eigenvalue weighted by Crippen LogP contribution is -2.19. The molecule has 1 saturated carbocycles. The van der Waals surface area contributed by atoms with Crippen molar-refractivity contribution in [2.75, 3.05) is 25.6 Å². The first-order chi connectivity index (χ1) is 8.78. The number of methoxy groups -OCH3 is 1. The van der Waals surface area contributed by atoms with Gasteiger partial charge < -0.3 is 14.8 Å². The van der Waals surface area contributed by atoms with E-state index in [2.05, 4.69) is 5.32 Å². The average molecular weight is 249 g/mol. The molecule has 18 heavy (non-hydrogen) atoms. The van der Waals surface area contributed by atoms with Gasteiger partial charge in [-0.05, 0) is 43.0 Å². The van der Waals surface area contributed by atoms with Crippen molar-refractivity contribution in [3.05, 3.63) is 24.3 Å². The van der Waals surface area contributed by atoms with E-state index in [0.29, 0.717) is 0 Å². The van der Waals surface area contributed by atoms with E-state index in [1.807, 2.05) is 24.3 Å². The largest absolute Gasteiger partial charge is 0.493 e. The predicted octanol–water partition coefficient (Wildman–Crippen LogP) is 2.45. The summed E-state index contributed by atoms with van der Waals surface area (Å²) in [5.74, 6) is 1.43. The number of carbonyl (C=O) groups is 1. The highest BCUT2D eigenvalue weighted by molar-refractivity contribution is 5.91. The highest BCUT2D eigenvalue weighted by Crippen LogP contribution is 2.27. The monoisotopic (exact) mass is 249 g/mol. The number of nitrogens with one attached hydrogen (secondary N) is 1. The molecule has 1 aromatic rings. The molecular formula is C14H19NO3. The highest BCUT2D eigenvalue weighted by Gasteiger charge is 2.17. The molecule has 98 valence electrons. The molecular weight excluding hydrogens is 230 g/mol. The zero-order valence-electron chi connectivity index (χ0n) is 10.6. The molecule has 0 aromatic heterocycles. The number of hydrogen-bond acceptors (Lipinski definition) is 3. The molecule has 0 bridgehead atoms. The van der Waals surface area contributed by atoms with Crippen molar-refractivity contribution < 1.29 is 14.3 Å². The van der Waals surface area contributed by atoms with Gasteiger partial charge in [-0.2, -0.15) is 0 Å². The van der Waals surface area contributed by atoms with Crippen molar-refractivity contribution in [3.63, 3.8) is 0 Å². The minimum Gasteiger partial charge on any atom is -0.493 e. The smallest absolute Gasteiger partial charge is 0.250 e. The standard InChI is InChI=1S/C14H19NO3/c1-17-10-14(16)15-12-5-7-13(8-6-12)18-9-11-3-2-4-11/h5-8,11H,2-4,9-10H2,1H3,(H,15,16). The Morgan fingerprint density at radius 3 is 2.61 bits per heavy atom. The summed E-state index contributed by atoms with van der Waals surface area (Å²) >= 11 is 0. The number of hydrogen-bond donors (Lipinski definition) is 1. The Morgan fingerprint density at radius 1 is 1.33 bits per heavy atom. The van der Waals surface area contributed by atoms with Gasteiger partial charge in [-0.25, -0.2) is 0 Å². The summed E-state index contributed by atoms with van der Waals surface area (Å²) in [6, 6.07) is 7.43. The number of benzene rings is 1. The number of amides is 1. The lowest BCUT2D eigenvalue weighted by Gasteiger charge is -2.25. The third kappa shape index (κ3) is 3.74. The molecule has 0 heterocycles. The van der Waals surface area contributed by atoms with E-state index < -0.39 is 0 Å². The van der Waals surface area contributed by atoms with Crippen LogP contribution in [0.1, 0.15) is 19.3 Å². The Morgan fingerprint density at radius 2 is 2.06 bits per heavy atom. The van der Waals surface area contributed by atoms with Crippen LogP contribution in [-0.2, 0) is 9.53 Å². The molecule has 1 fully saturated rings. The second-order valence-electron chi connectivity index (χ2n) is 4.61. The minimum atomic E-state index is -0.152. The van der Waals surface area contributed by atoms with Gasteiger partial charge >= 0.3 is 0 Å². The fourth-order valence-electron chi connectivity index (χ4n) is 1.84. The highest BCUT2D eigenvalue weighted by atomic mass is 16.5. The molecule has 1 aromatic carbocycles. The zero-order valence-corrected chi connectivity index (χ0v) is 10.6. The normalized spacial score (nSPS) is 14.9. The van der Waals surface area contributed by atoms with Crippen LogP contribution in [0.3, 0.4) is 0 Å². The fourth-order valence-corrected chi connectivity index (χ4v) is 1.84. The van der Waals surface area contributed by atoms with Gasteiger partial charge in [-0.3, -0.25) is 4.79 Å². The van der Waals surface area contributed by atoms with Crippen molar-refractivity contribution >= 4 is 11.6 Å². The summed E-state index contributed by atoms with van der Waals surface area (Å²) in [5.41, 5.74) is 0.757. The molecule has 1 N–H and O–H groups in total. The summed E-state index contributed by atoms with van der Waals surface area (Å²) in [7, 11) is 1.50. The van der Waals surface area contributed by atoms with Crippen LogP contribution in [0.15, 0.2) is 24.3 Å². The van der Waals surface area contributed by atoms with Crippen LogP contribution in [-0.4, -0.2) is 26.2 Å². The topological polar surface area (TPSA) is 47.6 Å². The van der Waals surface area contributed by atoms with Crippen molar-refractivity contribution in [3.8, 4) is 5.75 Å². The first-order valence-corrected chi connectivity index (χ1v) is 6.29. The summed E-state index contributed by atoms with van der Waals surface area (Å²) in [5, 5.41) is 2.74. The van der Waals surface area contributed by atoms with Crippen molar-refractivity contribution in [1.29, 1.82) is 0 Å². The van der Waals surface area contributed by atoms with Crippen LogP contribution in [0.5, 0.6) is 5.75 Å². The maximum atomic E-state index is 11.3. The molecule has 0 radical (unpaired) electrons. The Hall–Kier alpha value is -1.55. The molecule has 0 spiro atoms. The first-order valence-electron chi connectivity index (χ1n) is 6.29. The summed E-state index contributed by atoms with van der Waals surface area (Å²) in [4.78, 5) is 11.3. The van der Waals surface area contributed by atoms with Gasteiger partial charge in [-0.1, -0.05) is 6.42 Å². The Bertz CT molecular complexity index is 385. The zero-order chi connectivity index (χ0) is 12.8. The first kappa shape index (κ1) is 12.9. The van der Waals surface area contributed by atoms with Gasteiger partial charge in [-0.15, -0.1) is 0 Å². The summed E-state index contributed by atoms with van der Waals surface area (Å²) < 4.78 is 10.4. The lowest BCUT2D eigenvalue weighted by atomic mass is 9.86. The van der Waals surface area contributed by atoms with E-state index in [-0.39, 0.29) is 12.5 Å². The van der Waals surface area contributed by atoms with Gasteiger partial charge in [0, 0.05) is 12.8 Å². The average Bonchev–Trinajstić information content (AvgIpc) is 2.29. The number of carbonyl (C=O) groups excluding carboxylic acids is 1. The van der Waals surface area contributed by atoms with Crippen molar-refractivity contribution in [2.24, 2.45) is 5.92 Å². The quantitative estimate of drug-likeness (QED) is 0.842. The molecule has 0 saturated heterocycles. The van der Waals surface area contributed by atoms with Gasteiger partial charge in [0.15, 0.2) is 0 Å². The molecule has 0 atom stereocenters. The minimum absolute atomic E-state index is 0.0694. The van der Waals surface area contributed by atoms with Gasteiger partial charge in [0.2, 0.25) is 5.91 Å². The van der Waals surface area contributed by atoms with E-state index in [9.17, 15) is 4.79 Å². The molecule has 1 aliphatic carbocycles. The van der Waals surface area contributed by atoms with Crippen LogP contribution in [0, 0.1) is 5.92 Å². The van der Waals surface area contributed by atoms with Gasteiger partial charge in [0.1, 0.15) is 12.4 Å². The summed E-state index contributed by atoms with van der Waals surface area (Å²) in [6.45, 7) is 0.870. The Kier molecular flexibility index (Phi) is 4.59. The Balaban J connectivity index is 1.78. The molecule has 0 aliphatic heterocycles. The SMILES string of the molecule is COCC(=O)Nc1ccc(OCC2CCC2)cc1. The van der Waals surface area contributed by atoms with Gasteiger partial charge in [0.25, 0.3) is 0 Å².